The number of likely N-dealkylation sites (tertiary alicyclic amines) is 1. The van der Waals surface area contributed by atoms with Gasteiger partial charge in [-0.2, -0.15) is 0 Å². The van der Waals surface area contributed by atoms with E-state index in [4.69, 9.17) is 21.8 Å². The summed E-state index contributed by atoms with van der Waals surface area (Å²) in [4.78, 5) is 14.4. The fourth-order valence-electron chi connectivity index (χ4n) is 2.56. The minimum atomic E-state index is -0.00672. The number of fused-ring (bicyclic) bond motifs is 1. The predicted molar refractivity (Wildman–Crippen MR) is 79.2 cm³/mol. The first-order chi connectivity index (χ1) is 9.63. The third kappa shape index (κ3) is 2.73. The van der Waals surface area contributed by atoms with Gasteiger partial charge in [0.25, 0.3) is 0 Å². The number of nitrogens with two attached hydrogens (primary N) is 1. The Labute approximate surface area is 122 Å². The largest absolute Gasteiger partial charge is 0.451 e. The molecule has 1 aliphatic rings. The van der Waals surface area contributed by atoms with E-state index < -0.39 is 0 Å². The van der Waals surface area contributed by atoms with Crippen LogP contribution in [0.2, 0.25) is 5.02 Å². The van der Waals surface area contributed by atoms with Gasteiger partial charge in [-0.05, 0) is 25.0 Å². The molecule has 1 aromatic heterocycles. The Kier molecular flexibility index (Phi) is 3.78. The lowest BCUT2D eigenvalue weighted by Crippen LogP contribution is -2.41. The van der Waals surface area contributed by atoms with Crippen molar-refractivity contribution < 1.29 is 9.21 Å². The van der Waals surface area contributed by atoms with Crippen LogP contribution in [0.4, 0.5) is 0 Å². The van der Waals surface area contributed by atoms with Crippen molar-refractivity contribution in [2.24, 2.45) is 5.73 Å². The molecule has 2 heterocycles. The highest BCUT2D eigenvalue weighted by Gasteiger charge is 2.21. The summed E-state index contributed by atoms with van der Waals surface area (Å²) < 4.78 is 5.59. The summed E-state index contributed by atoms with van der Waals surface area (Å²) in [5.41, 5.74) is 6.44. The molecule has 106 valence electrons. The van der Waals surface area contributed by atoms with Gasteiger partial charge in [-0.1, -0.05) is 23.7 Å². The molecular formula is C15H17ClN2O2. The number of nitrogens with zero attached hydrogens (tertiary/aromatic N) is 1. The van der Waals surface area contributed by atoms with Crippen LogP contribution < -0.4 is 5.73 Å². The van der Waals surface area contributed by atoms with Crippen LogP contribution in [0.15, 0.2) is 28.7 Å². The van der Waals surface area contributed by atoms with E-state index in [2.05, 4.69) is 4.90 Å². The second kappa shape index (κ2) is 5.56. The van der Waals surface area contributed by atoms with E-state index in [1.54, 1.807) is 12.1 Å². The van der Waals surface area contributed by atoms with Crippen molar-refractivity contribution in [3.05, 3.63) is 35.0 Å². The Morgan fingerprint density at radius 3 is 2.85 bits per heavy atom. The van der Waals surface area contributed by atoms with Gasteiger partial charge in [0.15, 0.2) is 11.3 Å². The molecule has 0 amide bonds. The molecule has 0 radical (unpaired) electrons. The summed E-state index contributed by atoms with van der Waals surface area (Å²) in [6.07, 6.45) is 1.89. The highest BCUT2D eigenvalue weighted by molar-refractivity contribution is 6.34. The van der Waals surface area contributed by atoms with Gasteiger partial charge in [-0.3, -0.25) is 9.69 Å². The first-order valence-corrected chi connectivity index (χ1v) is 7.20. The van der Waals surface area contributed by atoms with Crippen molar-refractivity contribution in [2.75, 3.05) is 19.6 Å². The van der Waals surface area contributed by atoms with E-state index in [1.807, 2.05) is 12.1 Å². The van der Waals surface area contributed by atoms with Crippen molar-refractivity contribution in [3.63, 3.8) is 0 Å². The lowest BCUT2D eigenvalue weighted by atomic mass is 10.1. The van der Waals surface area contributed by atoms with E-state index in [9.17, 15) is 4.79 Å². The molecule has 4 nitrogen and oxygen atoms in total. The van der Waals surface area contributed by atoms with Gasteiger partial charge in [0.1, 0.15) is 0 Å². The molecule has 1 fully saturated rings. The minimum absolute atomic E-state index is 0.00672. The fourth-order valence-corrected chi connectivity index (χ4v) is 2.78. The van der Waals surface area contributed by atoms with Gasteiger partial charge in [-0.25, -0.2) is 0 Å². The molecule has 1 saturated heterocycles. The van der Waals surface area contributed by atoms with Crippen molar-refractivity contribution in [2.45, 2.75) is 18.9 Å². The maximum atomic E-state index is 12.3. The van der Waals surface area contributed by atoms with E-state index in [0.717, 1.165) is 31.3 Å². The van der Waals surface area contributed by atoms with Crippen LogP contribution in [0, 0.1) is 0 Å². The summed E-state index contributed by atoms with van der Waals surface area (Å²) in [5.74, 6) is 0.371. The number of piperidine rings is 1. The van der Waals surface area contributed by atoms with Gasteiger partial charge >= 0.3 is 0 Å². The topological polar surface area (TPSA) is 59.5 Å². The average Bonchev–Trinajstić information content (AvgIpc) is 2.87. The summed E-state index contributed by atoms with van der Waals surface area (Å²) in [7, 11) is 0. The number of Topliss-reactive ketones (excluding diaryl/α,β-unsaturated/α-hetero) is 1. The van der Waals surface area contributed by atoms with Crippen LogP contribution in [-0.2, 0) is 0 Å². The van der Waals surface area contributed by atoms with Gasteiger partial charge < -0.3 is 10.2 Å². The summed E-state index contributed by atoms with van der Waals surface area (Å²) in [6.45, 7) is 2.12. The zero-order chi connectivity index (χ0) is 14.1. The lowest BCUT2D eigenvalue weighted by molar-refractivity contribution is 0.0884. The molecule has 1 aliphatic heterocycles. The molecule has 2 aromatic rings. The fraction of sp³-hybridized carbons (Fsp3) is 0.400. The molecule has 0 aliphatic carbocycles. The predicted octanol–water partition coefficient (Wildman–Crippen LogP) is 2.69. The Morgan fingerprint density at radius 1 is 1.40 bits per heavy atom. The SMILES string of the molecule is NC1CCN(CC(=O)c2cc3cccc(Cl)c3o2)CC1. The average molecular weight is 293 g/mol. The van der Waals surface area contributed by atoms with Crippen LogP contribution in [0.3, 0.4) is 0 Å². The van der Waals surface area contributed by atoms with Crippen LogP contribution in [0.25, 0.3) is 11.0 Å². The number of furan rings is 1. The normalized spacial score (nSPS) is 17.7. The zero-order valence-corrected chi connectivity index (χ0v) is 11.9. The molecule has 0 unspecified atom stereocenters. The third-order valence-corrected chi connectivity index (χ3v) is 4.07. The van der Waals surface area contributed by atoms with E-state index in [-0.39, 0.29) is 11.8 Å². The first-order valence-electron chi connectivity index (χ1n) is 6.82. The molecule has 1 aromatic carbocycles. The van der Waals surface area contributed by atoms with Crippen molar-refractivity contribution in [1.29, 1.82) is 0 Å². The smallest absolute Gasteiger partial charge is 0.211 e. The monoisotopic (exact) mass is 292 g/mol. The number of carbonyl (C=O) groups is 1. The highest BCUT2D eigenvalue weighted by Crippen LogP contribution is 2.27. The Morgan fingerprint density at radius 2 is 2.15 bits per heavy atom. The van der Waals surface area contributed by atoms with Crippen LogP contribution in [0.5, 0.6) is 0 Å². The second-order valence-corrected chi connectivity index (χ2v) is 5.71. The maximum absolute atomic E-state index is 12.3. The number of rotatable bonds is 3. The lowest BCUT2D eigenvalue weighted by Gasteiger charge is -2.29. The van der Waals surface area contributed by atoms with E-state index >= 15 is 0 Å². The Bertz CT molecular complexity index is 630. The summed E-state index contributed by atoms with van der Waals surface area (Å²) in [5, 5.41) is 1.40. The van der Waals surface area contributed by atoms with Crippen LogP contribution in [-0.4, -0.2) is 36.4 Å². The molecule has 0 spiro atoms. The Balaban J connectivity index is 1.74. The highest BCUT2D eigenvalue weighted by atomic mass is 35.5. The molecule has 2 N–H and O–H groups in total. The molecule has 3 rings (SSSR count). The molecule has 20 heavy (non-hydrogen) atoms. The second-order valence-electron chi connectivity index (χ2n) is 5.31. The van der Waals surface area contributed by atoms with Crippen LogP contribution in [0.1, 0.15) is 23.4 Å². The van der Waals surface area contributed by atoms with Crippen LogP contribution >= 0.6 is 11.6 Å². The van der Waals surface area contributed by atoms with Gasteiger partial charge in [0.2, 0.25) is 5.78 Å². The van der Waals surface area contributed by atoms with E-state index in [0.29, 0.717) is 22.9 Å². The van der Waals surface area contributed by atoms with E-state index in [1.165, 1.54) is 0 Å². The number of halogens is 1. The summed E-state index contributed by atoms with van der Waals surface area (Å²) in [6, 6.07) is 7.53. The van der Waals surface area contributed by atoms with Crippen molar-refractivity contribution in [1.82, 2.24) is 4.90 Å². The first kappa shape index (κ1) is 13.6. The molecule has 0 atom stereocenters. The molecule has 5 heteroatoms. The maximum Gasteiger partial charge on any atom is 0.211 e. The minimum Gasteiger partial charge on any atom is -0.451 e. The number of hydrogen-bond acceptors (Lipinski definition) is 4. The zero-order valence-electron chi connectivity index (χ0n) is 11.1. The molecule has 0 saturated carbocycles. The quantitative estimate of drug-likeness (QED) is 0.884. The number of para-hydroxylation sites is 1. The Hall–Kier alpha value is -1.36. The van der Waals surface area contributed by atoms with Gasteiger partial charge in [0, 0.05) is 24.5 Å². The number of ketones is 1. The van der Waals surface area contributed by atoms with Crippen molar-refractivity contribution >= 4 is 28.4 Å². The summed E-state index contributed by atoms with van der Waals surface area (Å²) >= 11 is 6.05. The number of benzene rings is 1. The molecule has 0 bridgehead atoms. The number of hydrogen-bond donors (Lipinski definition) is 1. The standard InChI is InChI=1S/C15H17ClN2O2/c16-12-3-1-2-10-8-14(20-15(10)12)13(19)9-18-6-4-11(17)5-7-18/h1-3,8,11H,4-7,9,17H2. The number of carbonyl (C=O) groups excluding carboxylic acids is 1. The molecular weight excluding hydrogens is 276 g/mol. The third-order valence-electron chi connectivity index (χ3n) is 3.77. The van der Waals surface area contributed by atoms with Gasteiger partial charge in [0.05, 0.1) is 11.6 Å². The van der Waals surface area contributed by atoms with Gasteiger partial charge in [-0.15, -0.1) is 0 Å². The van der Waals surface area contributed by atoms with Crippen molar-refractivity contribution in [3.8, 4) is 0 Å².